The van der Waals surface area contributed by atoms with Crippen LogP contribution in [0.5, 0.6) is 0 Å². The summed E-state index contributed by atoms with van der Waals surface area (Å²) in [6, 6.07) is 27.8. The van der Waals surface area contributed by atoms with Gasteiger partial charge in [-0.1, -0.05) is 80.6 Å². The van der Waals surface area contributed by atoms with Crippen molar-refractivity contribution in [1.82, 2.24) is 24.6 Å². The van der Waals surface area contributed by atoms with Crippen molar-refractivity contribution in [2.45, 2.75) is 92.4 Å². The minimum atomic E-state index is 0.124. The van der Waals surface area contributed by atoms with E-state index >= 15 is 0 Å². The van der Waals surface area contributed by atoms with Crippen molar-refractivity contribution in [1.29, 1.82) is 0 Å². The van der Waals surface area contributed by atoms with Crippen molar-refractivity contribution in [3.05, 3.63) is 101 Å². The van der Waals surface area contributed by atoms with Crippen LogP contribution in [0.2, 0.25) is 0 Å². The molecule has 0 N–H and O–H groups in total. The van der Waals surface area contributed by atoms with Crippen LogP contribution in [-0.4, -0.2) is 102 Å². The predicted molar refractivity (Wildman–Crippen MR) is 218 cm³/mol. The van der Waals surface area contributed by atoms with E-state index in [9.17, 15) is 9.59 Å². The Hall–Kier alpha value is -3.63. The predicted octanol–water partition coefficient (Wildman–Crippen LogP) is 7.44. The van der Waals surface area contributed by atoms with Crippen molar-refractivity contribution in [2.24, 2.45) is 11.8 Å². The van der Waals surface area contributed by atoms with Gasteiger partial charge in [-0.05, 0) is 86.7 Å². The van der Waals surface area contributed by atoms with Gasteiger partial charge in [-0.15, -0.1) is 0 Å². The molecule has 2 heterocycles. The number of carbonyl (C=O) groups is 2. The van der Waals surface area contributed by atoms with E-state index in [1.165, 1.54) is 11.1 Å². The Bertz CT molecular complexity index is 1370. The maximum Gasteiger partial charge on any atom is 0.219 e. The van der Waals surface area contributed by atoms with Crippen molar-refractivity contribution >= 4 is 11.8 Å². The molecule has 2 atom stereocenters. The number of rotatable bonds is 4. The summed E-state index contributed by atoms with van der Waals surface area (Å²) in [5.41, 5.74) is 4.71. The van der Waals surface area contributed by atoms with Crippen molar-refractivity contribution in [3.8, 4) is 0 Å². The lowest BCUT2D eigenvalue weighted by Crippen LogP contribution is -2.35. The van der Waals surface area contributed by atoms with Crippen LogP contribution in [0.15, 0.2) is 78.9 Å². The summed E-state index contributed by atoms with van der Waals surface area (Å²) in [5.74, 6) is 0.970. The Kier molecular flexibility index (Phi) is 19.7. The Morgan fingerprint density at radius 2 is 0.981 bits per heavy atom. The highest BCUT2D eigenvalue weighted by molar-refractivity contribution is 5.73. The van der Waals surface area contributed by atoms with Crippen molar-refractivity contribution in [2.75, 3.05) is 65.7 Å². The number of fused-ring (bicyclic) bond motifs is 2. The minimum Gasteiger partial charge on any atom is -0.381 e. The fraction of sp³-hybridized carbons (Fsp3) is 0.578. The van der Waals surface area contributed by atoms with Crippen LogP contribution in [0.25, 0.3) is 0 Å². The van der Waals surface area contributed by atoms with Gasteiger partial charge in [0.1, 0.15) is 0 Å². The van der Waals surface area contributed by atoms with Gasteiger partial charge in [0.25, 0.3) is 0 Å². The topological polar surface area (TPSA) is 78.5 Å². The summed E-state index contributed by atoms with van der Waals surface area (Å²) < 4.78 is 11.8. The van der Waals surface area contributed by atoms with Gasteiger partial charge in [-0.3, -0.25) is 24.4 Å². The molecule has 1 aliphatic rings. The first-order valence-electron chi connectivity index (χ1n) is 20.4. The SMILES string of the molecule is CC(=O)N1CCCOCCCCOCCCN(C(C)=O)CC(C)CCN(Cc2ccccc2)Cc2cccc(n2)CN(Cc2ccccc2)CCC(C)C1. The third kappa shape index (κ3) is 17.2. The summed E-state index contributed by atoms with van der Waals surface area (Å²) in [5, 5.41) is 0. The van der Waals surface area contributed by atoms with Gasteiger partial charge < -0.3 is 19.3 Å². The summed E-state index contributed by atoms with van der Waals surface area (Å²) in [7, 11) is 0. The first-order chi connectivity index (χ1) is 26.2. The molecule has 2 aromatic carbocycles. The van der Waals surface area contributed by atoms with Crippen LogP contribution in [-0.2, 0) is 45.2 Å². The molecular formula is C45H67N5O4. The van der Waals surface area contributed by atoms with Crippen LogP contribution in [0.3, 0.4) is 0 Å². The van der Waals surface area contributed by atoms with E-state index in [1.807, 2.05) is 9.80 Å². The second-order valence-electron chi connectivity index (χ2n) is 15.4. The van der Waals surface area contributed by atoms with Gasteiger partial charge in [-0.2, -0.15) is 0 Å². The highest BCUT2D eigenvalue weighted by atomic mass is 16.5. The lowest BCUT2D eigenvalue weighted by Gasteiger charge is -2.28. The zero-order chi connectivity index (χ0) is 38.4. The van der Waals surface area contributed by atoms with E-state index in [4.69, 9.17) is 14.5 Å². The van der Waals surface area contributed by atoms with Gasteiger partial charge in [0.15, 0.2) is 0 Å². The molecule has 0 radical (unpaired) electrons. The Labute approximate surface area is 326 Å². The molecule has 2 bridgehead atoms. The lowest BCUT2D eigenvalue weighted by molar-refractivity contribution is -0.130. The monoisotopic (exact) mass is 742 g/mol. The number of ether oxygens (including phenoxy) is 2. The smallest absolute Gasteiger partial charge is 0.219 e. The quantitative estimate of drug-likeness (QED) is 0.275. The average Bonchev–Trinajstić information content (AvgIpc) is 3.16. The van der Waals surface area contributed by atoms with Crippen LogP contribution >= 0.6 is 0 Å². The van der Waals surface area contributed by atoms with Crippen molar-refractivity contribution < 1.29 is 19.1 Å². The normalized spacial score (nSPS) is 21.0. The van der Waals surface area contributed by atoms with Crippen LogP contribution in [0.4, 0.5) is 0 Å². The number of pyridine rings is 1. The first-order valence-corrected chi connectivity index (χ1v) is 20.4. The molecule has 1 aromatic heterocycles. The van der Waals surface area contributed by atoms with E-state index in [2.05, 4.69) is 103 Å². The molecule has 0 saturated carbocycles. The van der Waals surface area contributed by atoms with E-state index in [1.54, 1.807) is 13.8 Å². The second-order valence-corrected chi connectivity index (χ2v) is 15.4. The Morgan fingerprint density at radius 3 is 1.39 bits per heavy atom. The molecule has 4 rings (SSSR count). The maximum atomic E-state index is 12.6. The molecule has 296 valence electrons. The molecule has 0 aliphatic carbocycles. The van der Waals surface area contributed by atoms with Crippen LogP contribution in [0.1, 0.15) is 88.7 Å². The molecule has 0 fully saturated rings. The highest BCUT2D eigenvalue weighted by Gasteiger charge is 2.18. The Balaban J connectivity index is 1.49. The van der Waals surface area contributed by atoms with E-state index < -0.39 is 0 Å². The van der Waals surface area contributed by atoms with Crippen LogP contribution < -0.4 is 0 Å². The summed E-state index contributed by atoms with van der Waals surface area (Å²) in [6.07, 6.45) is 5.53. The standard InChI is InChI=1S/C45H67N5O4/c1-38-22-26-47(34-42-16-7-5-8-17-42)36-44-20-13-21-45(46-44)37-48(35-43-18-9-6-10-19-43)27-23-39(2)33-50(41(4)52)25-15-31-54-29-12-11-28-53-30-14-24-49(32-38)40(3)51/h5-10,13,16-21,38-39H,11-12,14-15,22-37H2,1-4H3. The molecular weight excluding hydrogens is 675 g/mol. The molecule has 0 spiro atoms. The molecule has 9 heteroatoms. The van der Waals surface area contributed by atoms with Gasteiger partial charge >= 0.3 is 0 Å². The highest BCUT2D eigenvalue weighted by Crippen LogP contribution is 2.17. The molecule has 2 amide bonds. The van der Waals surface area contributed by atoms with E-state index in [0.717, 1.165) is 102 Å². The lowest BCUT2D eigenvalue weighted by atomic mass is 10.1. The minimum absolute atomic E-state index is 0.124. The number of aromatic nitrogens is 1. The third-order valence-corrected chi connectivity index (χ3v) is 10.2. The summed E-state index contributed by atoms with van der Waals surface area (Å²) in [6.45, 7) is 18.5. The molecule has 54 heavy (non-hydrogen) atoms. The molecule has 3 aromatic rings. The van der Waals surface area contributed by atoms with Crippen molar-refractivity contribution in [3.63, 3.8) is 0 Å². The number of benzene rings is 2. The van der Waals surface area contributed by atoms with Gasteiger partial charge in [0.2, 0.25) is 11.8 Å². The number of nitrogens with zero attached hydrogens (tertiary/aromatic N) is 5. The number of hydrogen-bond acceptors (Lipinski definition) is 7. The van der Waals surface area contributed by atoms with Gasteiger partial charge in [-0.25, -0.2) is 0 Å². The fourth-order valence-electron chi connectivity index (χ4n) is 7.10. The molecule has 2 unspecified atom stereocenters. The molecule has 9 nitrogen and oxygen atoms in total. The first kappa shape index (κ1) is 43.1. The summed E-state index contributed by atoms with van der Waals surface area (Å²) in [4.78, 5) is 39.4. The molecule has 0 saturated heterocycles. The van der Waals surface area contributed by atoms with Gasteiger partial charge in [0.05, 0.1) is 11.4 Å². The van der Waals surface area contributed by atoms with Crippen LogP contribution in [0, 0.1) is 11.8 Å². The van der Waals surface area contributed by atoms with Gasteiger partial charge in [0, 0.05) is 92.6 Å². The third-order valence-electron chi connectivity index (χ3n) is 10.2. The Morgan fingerprint density at radius 1 is 0.574 bits per heavy atom. The maximum absolute atomic E-state index is 12.6. The average molecular weight is 742 g/mol. The fourth-order valence-corrected chi connectivity index (χ4v) is 7.10. The number of hydrogen-bond donors (Lipinski definition) is 0. The largest absolute Gasteiger partial charge is 0.381 e. The second kappa shape index (κ2) is 24.7. The number of carbonyl (C=O) groups excluding carboxylic acids is 2. The summed E-state index contributed by atoms with van der Waals surface area (Å²) >= 11 is 0. The zero-order valence-corrected chi connectivity index (χ0v) is 33.7. The zero-order valence-electron chi connectivity index (χ0n) is 33.7. The van der Waals surface area contributed by atoms with E-state index in [-0.39, 0.29) is 11.8 Å². The van der Waals surface area contributed by atoms with E-state index in [0.29, 0.717) is 51.4 Å². The number of amides is 2. The molecule has 1 aliphatic heterocycles.